The Labute approximate surface area is 192 Å². The molecule has 1 aromatic heterocycles. The third-order valence-corrected chi connectivity index (χ3v) is 6.38. The summed E-state index contributed by atoms with van der Waals surface area (Å²) in [5, 5.41) is 3.42. The highest BCUT2D eigenvalue weighted by atomic mass is 32.1. The van der Waals surface area contributed by atoms with Gasteiger partial charge in [0.15, 0.2) is 10.9 Å². The molecule has 0 aliphatic rings. The van der Waals surface area contributed by atoms with Gasteiger partial charge in [-0.2, -0.15) is 0 Å². The summed E-state index contributed by atoms with van der Waals surface area (Å²) >= 11 is 1.44. The Hall–Kier alpha value is -3.57. The van der Waals surface area contributed by atoms with Crippen molar-refractivity contribution < 1.29 is 9.59 Å². The molecule has 4 nitrogen and oxygen atoms in total. The van der Waals surface area contributed by atoms with E-state index in [-0.39, 0.29) is 24.5 Å². The van der Waals surface area contributed by atoms with Crippen LogP contribution < -0.4 is 5.32 Å². The molecule has 1 N–H and O–H groups in total. The molecule has 0 aliphatic heterocycles. The number of hydrogen-bond donors (Lipinski definition) is 1. The smallest absolute Gasteiger partial charge is 0.226 e. The van der Waals surface area contributed by atoms with Crippen LogP contribution in [0.25, 0.3) is 21.7 Å². The molecular formula is C27H24N2O2S. The molecule has 0 saturated heterocycles. The fraction of sp³-hybridized carbons (Fsp3) is 0.148. The maximum atomic E-state index is 12.6. The third-order valence-electron chi connectivity index (χ3n) is 5.36. The Morgan fingerprint density at radius 3 is 2.12 bits per heavy atom. The molecule has 0 unspecified atom stereocenters. The summed E-state index contributed by atoms with van der Waals surface area (Å²) < 4.78 is 0. The van der Waals surface area contributed by atoms with Crippen molar-refractivity contribution >= 4 is 28.2 Å². The average Bonchev–Trinajstić information content (AvgIpc) is 3.24. The normalized spacial score (nSPS) is 10.7. The van der Waals surface area contributed by atoms with Crippen LogP contribution in [0.5, 0.6) is 0 Å². The minimum Gasteiger partial charge on any atom is -0.302 e. The fourth-order valence-corrected chi connectivity index (χ4v) is 4.43. The predicted octanol–water partition coefficient (Wildman–Crippen LogP) is 6.70. The Morgan fingerprint density at radius 2 is 1.47 bits per heavy atom. The molecule has 0 atom stereocenters. The summed E-state index contributed by atoms with van der Waals surface area (Å²) in [6, 6.07) is 25.6. The van der Waals surface area contributed by atoms with Crippen LogP contribution in [0, 0.1) is 13.8 Å². The number of ketones is 1. The van der Waals surface area contributed by atoms with Crippen LogP contribution in [0.15, 0.2) is 78.9 Å². The molecule has 5 heteroatoms. The van der Waals surface area contributed by atoms with Crippen molar-refractivity contribution in [1.29, 1.82) is 0 Å². The fourth-order valence-electron chi connectivity index (χ4n) is 3.42. The number of nitrogens with one attached hydrogen (secondary N) is 1. The summed E-state index contributed by atoms with van der Waals surface area (Å²) in [5.74, 6) is -0.243. The van der Waals surface area contributed by atoms with Crippen LogP contribution in [0.2, 0.25) is 0 Å². The second-order valence-electron chi connectivity index (χ2n) is 7.70. The lowest BCUT2D eigenvalue weighted by molar-refractivity contribution is -0.116. The van der Waals surface area contributed by atoms with E-state index < -0.39 is 0 Å². The minimum absolute atomic E-state index is 0.0302. The standard InChI is InChI=1S/C27H24N2O2S/c1-18-13-14-22(17-19(18)2)23(30)15-16-24(31)28-27-29-25(20-9-5-3-6-10-20)26(32-27)21-11-7-4-8-12-21/h3-14,17H,15-16H2,1-2H3,(H,28,29,31). The van der Waals surface area contributed by atoms with Crippen LogP contribution in [0.4, 0.5) is 5.13 Å². The number of aryl methyl sites for hydroxylation is 2. The zero-order valence-corrected chi connectivity index (χ0v) is 18.9. The molecular weight excluding hydrogens is 416 g/mol. The lowest BCUT2D eigenvalue weighted by atomic mass is 10.0. The Morgan fingerprint density at radius 1 is 0.812 bits per heavy atom. The van der Waals surface area contributed by atoms with E-state index >= 15 is 0 Å². The predicted molar refractivity (Wildman–Crippen MR) is 131 cm³/mol. The van der Waals surface area contributed by atoms with E-state index in [1.54, 1.807) is 0 Å². The van der Waals surface area contributed by atoms with Crippen molar-refractivity contribution in [2.24, 2.45) is 0 Å². The van der Waals surface area contributed by atoms with E-state index in [1.807, 2.05) is 92.7 Å². The Balaban J connectivity index is 1.49. The first kappa shape index (κ1) is 21.7. The van der Waals surface area contributed by atoms with Gasteiger partial charge < -0.3 is 5.32 Å². The van der Waals surface area contributed by atoms with Crippen LogP contribution in [0.3, 0.4) is 0 Å². The second kappa shape index (κ2) is 9.71. The number of Topliss-reactive ketones (excluding diaryl/α,β-unsaturated/α-hetero) is 1. The SMILES string of the molecule is Cc1ccc(C(=O)CCC(=O)Nc2nc(-c3ccccc3)c(-c3ccccc3)s2)cc1C. The van der Waals surface area contributed by atoms with Gasteiger partial charge in [0.1, 0.15) is 0 Å². The molecule has 0 aliphatic carbocycles. The third kappa shape index (κ3) is 5.01. The molecule has 1 heterocycles. The number of amides is 1. The van der Waals surface area contributed by atoms with Gasteiger partial charge in [-0.3, -0.25) is 9.59 Å². The van der Waals surface area contributed by atoms with E-state index in [2.05, 4.69) is 5.32 Å². The Bertz CT molecular complexity index is 1190. The van der Waals surface area contributed by atoms with E-state index in [0.717, 1.165) is 32.8 Å². The van der Waals surface area contributed by atoms with Gasteiger partial charge in [-0.05, 0) is 36.6 Å². The quantitative estimate of drug-likeness (QED) is 0.326. The highest BCUT2D eigenvalue weighted by molar-refractivity contribution is 7.19. The molecule has 160 valence electrons. The number of aromatic nitrogens is 1. The van der Waals surface area contributed by atoms with Gasteiger partial charge in [0.2, 0.25) is 5.91 Å². The van der Waals surface area contributed by atoms with Gasteiger partial charge in [-0.15, -0.1) is 0 Å². The number of anilines is 1. The lowest BCUT2D eigenvalue weighted by Gasteiger charge is -2.05. The number of carbonyl (C=O) groups excluding carboxylic acids is 2. The zero-order chi connectivity index (χ0) is 22.5. The average molecular weight is 441 g/mol. The number of benzene rings is 3. The van der Waals surface area contributed by atoms with Gasteiger partial charge in [-0.25, -0.2) is 4.98 Å². The maximum absolute atomic E-state index is 12.6. The molecule has 0 fully saturated rings. The van der Waals surface area contributed by atoms with Crippen molar-refractivity contribution in [2.45, 2.75) is 26.7 Å². The van der Waals surface area contributed by atoms with Crippen molar-refractivity contribution in [3.05, 3.63) is 95.6 Å². The zero-order valence-electron chi connectivity index (χ0n) is 18.1. The first-order valence-corrected chi connectivity index (χ1v) is 11.3. The van der Waals surface area contributed by atoms with Gasteiger partial charge in [-0.1, -0.05) is 84.1 Å². The number of nitrogens with zero attached hydrogens (tertiary/aromatic N) is 1. The topological polar surface area (TPSA) is 59.1 Å². The first-order chi connectivity index (χ1) is 15.5. The van der Waals surface area contributed by atoms with Crippen LogP contribution in [0.1, 0.15) is 34.3 Å². The van der Waals surface area contributed by atoms with E-state index in [0.29, 0.717) is 10.7 Å². The summed E-state index contributed by atoms with van der Waals surface area (Å²) in [7, 11) is 0. The van der Waals surface area contributed by atoms with Gasteiger partial charge in [0, 0.05) is 24.0 Å². The first-order valence-electron chi connectivity index (χ1n) is 10.5. The highest BCUT2D eigenvalue weighted by Gasteiger charge is 2.17. The molecule has 4 aromatic rings. The molecule has 4 rings (SSSR count). The molecule has 32 heavy (non-hydrogen) atoms. The van der Waals surface area contributed by atoms with Gasteiger partial charge >= 0.3 is 0 Å². The molecule has 1 amide bonds. The molecule has 0 bridgehead atoms. The van der Waals surface area contributed by atoms with E-state index in [9.17, 15) is 9.59 Å². The summed E-state index contributed by atoms with van der Waals surface area (Å²) in [5.41, 5.74) is 5.75. The minimum atomic E-state index is -0.213. The Kier molecular flexibility index (Phi) is 6.57. The van der Waals surface area contributed by atoms with Gasteiger partial charge in [0.25, 0.3) is 0 Å². The monoisotopic (exact) mass is 440 g/mol. The number of hydrogen-bond acceptors (Lipinski definition) is 4. The number of thiazole rings is 1. The molecule has 0 saturated carbocycles. The molecule has 3 aromatic carbocycles. The lowest BCUT2D eigenvalue weighted by Crippen LogP contribution is -2.13. The van der Waals surface area contributed by atoms with Crippen LogP contribution >= 0.6 is 11.3 Å². The molecule has 0 radical (unpaired) electrons. The number of rotatable bonds is 7. The highest BCUT2D eigenvalue weighted by Crippen LogP contribution is 2.38. The maximum Gasteiger partial charge on any atom is 0.226 e. The van der Waals surface area contributed by atoms with E-state index in [4.69, 9.17) is 4.98 Å². The largest absolute Gasteiger partial charge is 0.302 e. The van der Waals surface area contributed by atoms with Crippen molar-refractivity contribution in [2.75, 3.05) is 5.32 Å². The van der Waals surface area contributed by atoms with Gasteiger partial charge in [0.05, 0.1) is 10.6 Å². The summed E-state index contributed by atoms with van der Waals surface area (Å²) in [6.07, 6.45) is 0.281. The summed E-state index contributed by atoms with van der Waals surface area (Å²) in [4.78, 5) is 30.8. The van der Waals surface area contributed by atoms with Crippen LogP contribution in [-0.4, -0.2) is 16.7 Å². The second-order valence-corrected chi connectivity index (χ2v) is 8.70. The van der Waals surface area contributed by atoms with Crippen molar-refractivity contribution in [3.63, 3.8) is 0 Å². The number of carbonyl (C=O) groups is 2. The van der Waals surface area contributed by atoms with Crippen LogP contribution in [-0.2, 0) is 4.79 Å². The summed E-state index contributed by atoms with van der Waals surface area (Å²) in [6.45, 7) is 3.99. The van der Waals surface area contributed by atoms with Crippen molar-refractivity contribution in [3.8, 4) is 21.7 Å². The van der Waals surface area contributed by atoms with Crippen molar-refractivity contribution in [1.82, 2.24) is 4.98 Å². The van der Waals surface area contributed by atoms with E-state index in [1.165, 1.54) is 11.3 Å². The molecule has 0 spiro atoms.